The van der Waals surface area contributed by atoms with Crippen molar-refractivity contribution in [2.75, 3.05) is 0 Å². The largest absolute Gasteiger partial charge is 0.443 e. The molecule has 0 saturated heterocycles. The van der Waals surface area contributed by atoms with Gasteiger partial charge in [0, 0.05) is 9.79 Å². The van der Waals surface area contributed by atoms with Crippen LogP contribution in [0.5, 0.6) is 0 Å². The lowest BCUT2D eigenvalue weighted by Gasteiger charge is -2.23. The molecule has 0 fully saturated rings. The lowest BCUT2D eigenvalue weighted by molar-refractivity contribution is -0.138. The number of rotatable bonds is 0. The maximum atomic E-state index is 12.8. The first-order chi connectivity index (χ1) is 10.6. The fraction of sp³-hybridized carbons (Fsp3) is 0.143. The van der Waals surface area contributed by atoms with Crippen LogP contribution in [-0.2, 0) is 12.4 Å². The minimum absolute atomic E-state index is 0.0448. The van der Waals surface area contributed by atoms with Crippen LogP contribution in [0.2, 0.25) is 0 Å². The highest BCUT2D eigenvalue weighted by molar-refractivity contribution is 8.00. The molecule has 0 atom stereocenters. The number of hydrogen-bond acceptors (Lipinski definition) is 2. The van der Waals surface area contributed by atoms with Gasteiger partial charge in [0.1, 0.15) is 0 Å². The third kappa shape index (κ3) is 2.95. The smallest absolute Gasteiger partial charge is 0.416 e. The molecule has 0 unspecified atom stereocenters. The van der Waals surface area contributed by atoms with E-state index in [0.717, 1.165) is 36.0 Å². The molecule has 0 aromatic heterocycles. The fourth-order valence-electron chi connectivity index (χ4n) is 2.35. The number of halogens is 6. The Morgan fingerprint density at radius 3 is 1.48 bits per heavy atom. The van der Waals surface area contributed by atoms with E-state index in [1.165, 1.54) is 12.1 Å². The summed E-state index contributed by atoms with van der Waals surface area (Å²) >= 11 is 1.03. The molecule has 0 bridgehead atoms. The van der Waals surface area contributed by atoms with Crippen molar-refractivity contribution in [3.05, 3.63) is 47.5 Å². The summed E-state index contributed by atoms with van der Waals surface area (Å²) < 4.78 is 76.6. The molecule has 0 radical (unpaired) electrons. The predicted molar refractivity (Wildman–Crippen MR) is 74.3 cm³/mol. The van der Waals surface area contributed by atoms with Crippen LogP contribution in [-0.4, -0.2) is 11.9 Å². The fourth-order valence-corrected chi connectivity index (χ4v) is 3.43. The summed E-state index contributed by atoms with van der Waals surface area (Å²) in [6.45, 7) is -1.54. The minimum atomic E-state index is -4.59. The van der Waals surface area contributed by atoms with Crippen molar-refractivity contribution < 1.29 is 31.4 Å². The van der Waals surface area contributed by atoms with Crippen molar-refractivity contribution in [2.24, 2.45) is 0 Å². The van der Waals surface area contributed by atoms with Crippen molar-refractivity contribution in [1.29, 1.82) is 0 Å². The Bertz CT molecular complexity index is 707. The summed E-state index contributed by atoms with van der Waals surface area (Å²) in [5.74, 6) is 0. The van der Waals surface area contributed by atoms with Crippen LogP contribution in [0.25, 0.3) is 0 Å². The highest BCUT2D eigenvalue weighted by atomic mass is 32.2. The van der Waals surface area contributed by atoms with Crippen LogP contribution in [0, 0.1) is 0 Å². The Morgan fingerprint density at radius 1 is 0.739 bits per heavy atom. The molecule has 1 N–H and O–H groups in total. The summed E-state index contributed by atoms with van der Waals surface area (Å²) in [4.78, 5) is 0.774. The van der Waals surface area contributed by atoms with E-state index in [4.69, 9.17) is 0 Å². The molecule has 23 heavy (non-hydrogen) atoms. The third-order valence-electron chi connectivity index (χ3n) is 3.48. The summed E-state index contributed by atoms with van der Waals surface area (Å²) in [6, 6.07) is 5.74. The summed E-state index contributed by atoms with van der Waals surface area (Å²) in [7, 11) is 0. The van der Waals surface area contributed by atoms with Crippen LogP contribution in [0.15, 0.2) is 46.2 Å². The van der Waals surface area contributed by atoms with Gasteiger partial charge in [-0.25, -0.2) is 0 Å². The van der Waals surface area contributed by atoms with E-state index in [-0.39, 0.29) is 10.9 Å². The lowest BCUT2D eigenvalue weighted by atomic mass is 9.55. The summed E-state index contributed by atoms with van der Waals surface area (Å²) in [5.41, 5.74) is -1.99. The van der Waals surface area contributed by atoms with Gasteiger partial charge in [-0.1, -0.05) is 23.9 Å². The quantitative estimate of drug-likeness (QED) is 0.583. The molecule has 0 aliphatic carbocycles. The molecule has 1 aliphatic heterocycles. The lowest BCUT2D eigenvalue weighted by Crippen LogP contribution is -2.47. The monoisotopic (exact) mass is 348 g/mol. The van der Waals surface area contributed by atoms with Crippen LogP contribution in [0.4, 0.5) is 26.3 Å². The van der Waals surface area contributed by atoms with E-state index in [2.05, 4.69) is 0 Å². The van der Waals surface area contributed by atoms with Gasteiger partial charge in [0.05, 0.1) is 11.1 Å². The average molecular weight is 348 g/mol. The van der Waals surface area contributed by atoms with Gasteiger partial charge in [-0.2, -0.15) is 26.3 Å². The number of benzene rings is 2. The van der Waals surface area contributed by atoms with Gasteiger partial charge in [0.25, 0.3) is 0 Å². The zero-order valence-corrected chi connectivity index (χ0v) is 12.0. The Hall–Kier alpha value is -1.61. The highest BCUT2D eigenvalue weighted by Crippen LogP contribution is 2.36. The highest BCUT2D eigenvalue weighted by Gasteiger charge is 2.37. The van der Waals surface area contributed by atoms with E-state index >= 15 is 0 Å². The normalized spacial score (nSPS) is 14.5. The second kappa shape index (κ2) is 5.20. The van der Waals surface area contributed by atoms with Gasteiger partial charge in [0.2, 0.25) is 0 Å². The van der Waals surface area contributed by atoms with Crippen molar-refractivity contribution in [2.45, 2.75) is 22.1 Å². The molecule has 0 spiro atoms. The van der Waals surface area contributed by atoms with E-state index in [1.807, 2.05) is 0 Å². The summed E-state index contributed by atoms with van der Waals surface area (Å²) in [5, 5.41) is 10.2. The zero-order chi connectivity index (χ0) is 17.0. The first-order valence-corrected chi connectivity index (χ1v) is 7.17. The molecular formula is C14H7BF6OS. The van der Waals surface area contributed by atoms with Crippen molar-refractivity contribution in [1.82, 2.24) is 0 Å². The number of hydrogen-bond donors (Lipinski definition) is 1. The van der Waals surface area contributed by atoms with Crippen LogP contribution in [0.3, 0.4) is 0 Å². The van der Waals surface area contributed by atoms with Crippen LogP contribution in [0.1, 0.15) is 11.1 Å². The molecule has 1 nitrogen and oxygen atoms in total. The Morgan fingerprint density at radius 2 is 1.13 bits per heavy atom. The van der Waals surface area contributed by atoms with Crippen molar-refractivity contribution in [3.63, 3.8) is 0 Å². The van der Waals surface area contributed by atoms with Crippen LogP contribution < -0.4 is 10.9 Å². The van der Waals surface area contributed by atoms with Gasteiger partial charge in [-0.3, -0.25) is 0 Å². The Kier molecular flexibility index (Phi) is 3.68. The predicted octanol–water partition coefficient (Wildman–Crippen LogP) is 3.29. The average Bonchev–Trinajstić information content (AvgIpc) is 2.45. The maximum Gasteiger partial charge on any atom is 0.416 e. The molecule has 9 heteroatoms. The molecule has 0 amide bonds. The standard InChI is InChI=1S/C14H7BF6OS/c16-13(17,18)7-1-3-11-9(5-7)15(22)10-6-8(14(19,20)21)2-4-12(10)23-11/h1-6,22H. The van der Waals surface area contributed by atoms with E-state index in [1.54, 1.807) is 0 Å². The molecule has 2 aromatic carbocycles. The van der Waals surface area contributed by atoms with Crippen molar-refractivity contribution >= 4 is 29.6 Å². The maximum absolute atomic E-state index is 12.8. The van der Waals surface area contributed by atoms with Gasteiger partial charge >= 0.3 is 19.3 Å². The molecule has 120 valence electrons. The second-order valence-corrected chi connectivity index (χ2v) is 6.09. The SMILES string of the molecule is OB1c2cc(C(F)(F)F)ccc2Sc2ccc(C(F)(F)F)cc21. The zero-order valence-electron chi connectivity index (χ0n) is 11.2. The van der Waals surface area contributed by atoms with Gasteiger partial charge in [-0.15, -0.1) is 0 Å². The Labute approximate surface area is 131 Å². The third-order valence-corrected chi connectivity index (χ3v) is 4.67. The number of fused-ring (bicyclic) bond motifs is 2. The van der Waals surface area contributed by atoms with E-state index < -0.39 is 30.4 Å². The molecule has 2 aromatic rings. The topological polar surface area (TPSA) is 20.2 Å². The molecular weight excluding hydrogens is 341 g/mol. The molecule has 3 rings (SSSR count). The molecule has 1 aliphatic rings. The van der Waals surface area contributed by atoms with E-state index in [9.17, 15) is 31.4 Å². The van der Waals surface area contributed by atoms with E-state index in [0.29, 0.717) is 9.79 Å². The Balaban J connectivity index is 2.09. The van der Waals surface area contributed by atoms with Crippen molar-refractivity contribution in [3.8, 4) is 0 Å². The second-order valence-electron chi connectivity index (χ2n) is 5.01. The molecule has 0 saturated carbocycles. The minimum Gasteiger partial charge on any atom is -0.443 e. The van der Waals surface area contributed by atoms with Gasteiger partial charge in [0.15, 0.2) is 0 Å². The first-order valence-electron chi connectivity index (χ1n) is 6.35. The first kappa shape index (κ1) is 16.3. The number of alkyl halides is 6. The van der Waals surface area contributed by atoms with Gasteiger partial charge < -0.3 is 5.02 Å². The van der Waals surface area contributed by atoms with Crippen LogP contribution >= 0.6 is 11.8 Å². The summed E-state index contributed by atoms with van der Waals surface area (Å²) in [6.07, 6.45) is -9.18. The van der Waals surface area contributed by atoms with Gasteiger partial charge in [-0.05, 0) is 35.2 Å². The molecule has 1 heterocycles.